The van der Waals surface area contributed by atoms with E-state index in [1.54, 1.807) is 4.68 Å². The third-order valence-corrected chi connectivity index (χ3v) is 6.02. The van der Waals surface area contributed by atoms with Gasteiger partial charge >= 0.3 is 0 Å². The normalized spacial score (nSPS) is 16.2. The molecule has 7 nitrogen and oxygen atoms in total. The lowest BCUT2D eigenvalue weighted by atomic mass is 9.97. The van der Waals surface area contributed by atoms with Gasteiger partial charge in [-0.25, -0.2) is 4.68 Å². The summed E-state index contributed by atoms with van der Waals surface area (Å²) in [7, 11) is 0. The van der Waals surface area contributed by atoms with Crippen molar-refractivity contribution >= 4 is 17.4 Å². The van der Waals surface area contributed by atoms with Gasteiger partial charge in [0.15, 0.2) is 11.6 Å². The third-order valence-electron chi connectivity index (χ3n) is 6.02. The molecule has 0 spiro atoms. The largest absolute Gasteiger partial charge is 0.354 e. The van der Waals surface area contributed by atoms with Crippen LogP contribution in [0.4, 0.5) is 11.5 Å². The Morgan fingerprint density at radius 3 is 2.50 bits per heavy atom. The number of aromatic nitrogens is 4. The van der Waals surface area contributed by atoms with Crippen molar-refractivity contribution in [2.75, 3.05) is 23.3 Å². The Morgan fingerprint density at radius 2 is 1.84 bits per heavy atom. The zero-order valence-corrected chi connectivity index (χ0v) is 19.2. The zero-order valence-electron chi connectivity index (χ0n) is 19.2. The molecule has 1 saturated heterocycles. The number of hydrogen-bond acceptors (Lipinski definition) is 5. The molecule has 0 aliphatic carbocycles. The third kappa shape index (κ3) is 5.15. The first-order valence-corrected chi connectivity index (χ1v) is 11.6. The number of benzene rings is 1. The standard InChI is InChI=1S/C25H32N6O/c1-4-5-7-20-9-11-22(12-10-20)26-25(32)21-8-6-15-30(17-21)23-13-14-24(28-27-23)31-19(3)16-18(2)29-31/h9-14,16,21H,4-8,15,17H2,1-3H3,(H,26,32). The fourth-order valence-corrected chi connectivity index (χ4v) is 4.24. The molecular weight excluding hydrogens is 400 g/mol. The van der Waals surface area contributed by atoms with Crippen LogP contribution >= 0.6 is 0 Å². The highest BCUT2D eigenvalue weighted by Gasteiger charge is 2.27. The summed E-state index contributed by atoms with van der Waals surface area (Å²) in [4.78, 5) is 15.0. The maximum absolute atomic E-state index is 12.9. The molecule has 3 heterocycles. The molecule has 1 aliphatic rings. The first-order valence-electron chi connectivity index (χ1n) is 11.6. The Hall–Kier alpha value is -3.22. The van der Waals surface area contributed by atoms with Crippen molar-refractivity contribution < 1.29 is 4.79 Å². The molecule has 7 heteroatoms. The van der Waals surface area contributed by atoms with Crippen LogP contribution in [-0.4, -0.2) is 39.0 Å². The number of anilines is 2. The minimum absolute atomic E-state index is 0.0685. The van der Waals surface area contributed by atoms with E-state index >= 15 is 0 Å². The number of amides is 1. The highest BCUT2D eigenvalue weighted by Crippen LogP contribution is 2.23. The molecule has 1 atom stereocenters. The van der Waals surface area contributed by atoms with Crippen LogP contribution in [0.3, 0.4) is 0 Å². The summed E-state index contributed by atoms with van der Waals surface area (Å²) in [6.45, 7) is 7.69. The van der Waals surface area contributed by atoms with Crippen LogP contribution in [-0.2, 0) is 11.2 Å². The minimum atomic E-state index is -0.0685. The highest BCUT2D eigenvalue weighted by molar-refractivity contribution is 5.93. The van der Waals surface area contributed by atoms with Gasteiger partial charge < -0.3 is 10.2 Å². The van der Waals surface area contributed by atoms with E-state index in [1.807, 2.05) is 44.2 Å². The number of nitrogens with one attached hydrogen (secondary N) is 1. The fraction of sp³-hybridized carbons (Fsp3) is 0.440. The predicted octanol–water partition coefficient (Wildman–Crippen LogP) is 4.48. The summed E-state index contributed by atoms with van der Waals surface area (Å²) in [5.74, 6) is 1.50. The molecule has 4 rings (SSSR count). The predicted molar refractivity (Wildman–Crippen MR) is 127 cm³/mol. The second-order valence-corrected chi connectivity index (χ2v) is 8.66. The summed E-state index contributed by atoms with van der Waals surface area (Å²) in [5.41, 5.74) is 4.16. The van der Waals surface area contributed by atoms with E-state index < -0.39 is 0 Å². The quantitative estimate of drug-likeness (QED) is 0.596. The second kappa shape index (κ2) is 9.94. The number of nitrogens with zero attached hydrogens (tertiary/aromatic N) is 5. The molecule has 1 aromatic carbocycles. The van der Waals surface area contributed by atoms with Gasteiger partial charge in [0.2, 0.25) is 5.91 Å². The summed E-state index contributed by atoms with van der Waals surface area (Å²) >= 11 is 0. The number of hydrogen-bond donors (Lipinski definition) is 1. The average molecular weight is 433 g/mol. The van der Waals surface area contributed by atoms with Crippen LogP contribution < -0.4 is 10.2 Å². The first-order chi connectivity index (χ1) is 15.5. The number of unbranched alkanes of at least 4 members (excludes halogenated alkanes) is 1. The van der Waals surface area contributed by atoms with Crippen LogP contribution in [0.25, 0.3) is 5.82 Å². The van der Waals surface area contributed by atoms with E-state index in [1.165, 1.54) is 18.4 Å². The van der Waals surface area contributed by atoms with Crippen LogP contribution in [0.15, 0.2) is 42.5 Å². The van der Waals surface area contributed by atoms with E-state index in [2.05, 4.69) is 44.6 Å². The molecule has 1 N–H and O–H groups in total. The Kier molecular flexibility index (Phi) is 6.83. The van der Waals surface area contributed by atoms with Gasteiger partial charge in [-0.3, -0.25) is 4.79 Å². The number of rotatable bonds is 7. The summed E-state index contributed by atoms with van der Waals surface area (Å²) < 4.78 is 1.80. The Balaban J connectivity index is 1.37. The van der Waals surface area contributed by atoms with E-state index in [0.717, 1.165) is 48.7 Å². The topological polar surface area (TPSA) is 75.9 Å². The Bertz CT molecular complexity index is 1040. The molecule has 1 amide bonds. The van der Waals surface area contributed by atoms with Crippen molar-refractivity contribution in [1.29, 1.82) is 0 Å². The molecule has 1 aliphatic heterocycles. The first kappa shape index (κ1) is 22.0. The molecule has 0 radical (unpaired) electrons. The number of carbonyl (C=O) groups excluding carboxylic acids is 1. The number of carbonyl (C=O) groups is 1. The summed E-state index contributed by atoms with van der Waals surface area (Å²) in [5, 5.41) is 16.4. The van der Waals surface area contributed by atoms with Gasteiger partial charge in [-0.1, -0.05) is 25.5 Å². The van der Waals surface area contributed by atoms with Crippen LogP contribution in [0, 0.1) is 19.8 Å². The van der Waals surface area contributed by atoms with E-state index in [-0.39, 0.29) is 11.8 Å². The summed E-state index contributed by atoms with van der Waals surface area (Å²) in [6.07, 6.45) is 5.30. The molecule has 1 unspecified atom stereocenters. The van der Waals surface area contributed by atoms with Gasteiger partial charge in [0.05, 0.1) is 11.6 Å². The highest BCUT2D eigenvalue weighted by atomic mass is 16.1. The lowest BCUT2D eigenvalue weighted by Gasteiger charge is -2.32. The van der Waals surface area contributed by atoms with Gasteiger partial charge in [0.25, 0.3) is 0 Å². The molecule has 168 valence electrons. The maximum Gasteiger partial charge on any atom is 0.229 e. The lowest BCUT2D eigenvalue weighted by molar-refractivity contribution is -0.120. The zero-order chi connectivity index (χ0) is 22.5. The van der Waals surface area contributed by atoms with Crippen molar-refractivity contribution in [2.45, 2.75) is 52.9 Å². The van der Waals surface area contributed by atoms with E-state index in [0.29, 0.717) is 12.4 Å². The maximum atomic E-state index is 12.9. The van der Waals surface area contributed by atoms with Gasteiger partial charge in [0, 0.05) is 24.5 Å². The molecule has 0 bridgehead atoms. The van der Waals surface area contributed by atoms with Crippen molar-refractivity contribution in [3.8, 4) is 5.82 Å². The molecular formula is C25H32N6O. The van der Waals surface area contributed by atoms with Gasteiger partial charge in [-0.15, -0.1) is 10.2 Å². The van der Waals surface area contributed by atoms with Crippen molar-refractivity contribution in [3.05, 3.63) is 59.4 Å². The lowest BCUT2D eigenvalue weighted by Crippen LogP contribution is -2.41. The van der Waals surface area contributed by atoms with Crippen LogP contribution in [0.5, 0.6) is 0 Å². The smallest absolute Gasteiger partial charge is 0.229 e. The molecule has 32 heavy (non-hydrogen) atoms. The van der Waals surface area contributed by atoms with E-state index in [4.69, 9.17) is 0 Å². The molecule has 3 aromatic rings. The minimum Gasteiger partial charge on any atom is -0.354 e. The number of piperidine rings is 1. The van der Waals surface area contributed by atoms with Crippen molar-refractivity contribution in [3.63, 3.8) is 0 Å². The molecule has 1 fully saturated rings. The van der Waals surface area contributed by atoms with E-state index in [9.17, 15) is 4.79 Å². The summed E-state index contributed by atoms with van der Waals surface area (Å²) in [6, 6.07) is 14.2. The monoisotopic (exact) mass is 432 g/mol. The van der Waals surface area contributed by atoms with Crippen LogP contribution in [0.2, 0.25) is 0 Å². The number of aryl methyl sites for hydroxylation is 3. The van der Waals surface area contributed by atoms with Crippen molar-refractivity contribution in [1.82, 2.24) is 20.0 Å². The Morgan fingerprint density at radius 1 is 1.09 bits per heavy atom. The van der Waals surface area contributed by atoms with Gasteiger partial charge in [-0.05, 0) is 75.4 Å². The fourth-order valence-electron chi connectivity index (χ4n) is 4.24. The Labute approximate surface area is 189 Å². The average Bonchev–Trinajstić information content (AvgIpc) is 3.16. The van der Waals surface area contributed by atoms with Gasteiger partial charge in [-0.2, -0.15) is 5.10 Å². The second-order valence-electron chi connectivity index (χ2n) is 8.66. The van der Waals surface area contributed by atoms with Gasteiger partial charge in [0.1, 0.15) is 0 Å². The molecule has 0 saturated carbocycles. The SMILES string of the molecule is CCCCc1ccc(NC(=O)C2CCCN(c3ccc(-n4nc(C)cc4C)nn3)C2)cc1. The molecule has 2 aromatic heterocycles. The van der Waals surface area contributed by atoms with Crippen molar-refractivity contribution in [2.24, 2.45) is 5.92 Å². The van der Waals surface area contributed by atoms with Crippen LogP contribution in [0.1, 0.15) is 49.6 Å².